The van der Waals surface area contributed by atoms with E-state index in [1.807, 2.05) is 0 Å². The first kappa shape index (κ1) is 12.5. The molecule has 2 N–H and O–H groups in total. The van der Waals surface area contributed by atoms with Gasteiger partial charge < -0.3 is 10.5 Å². The molecule has 7 heteroatoms. The first-order valence-corrected chi connectivity index (χ1v) is 6.31. The molecule has 0 saturated carbocycles. The summed E-state index contributed by atoms with van der Waals surface area (Å²) in [4.78, 5) is 10.5. The van der Waals surface area contributed by atoms with Crippen molar-refractivity contribution < 1.29 is 9.66 Å². The second-order valence-corrected chi connectivity index (χ2v) is 4.69. The summed E-state index contributed by atoms with van der Waals surface area (Å²) >= 11 is 0. The molecule has 3 rings (SSSR count). The van der Waals surface area contributed by atoms with Gasteiger partial charge in [0.05, 0.1) is 12.0 Å². The van der Waals surface area contributed by atoms with Gasteiger partial charge in [-0.05, 0) is 25.3 Å². The summed E-state index contributed by atoms with van der Waals surface area (Å²) in [5.74, 6) is 1.03. The molecular weight excluding hydrogens is 260 g/mol. The van der Waals surface area contributed by atoms with Crippen molar-refractivity contribution in [2.24, 2.45) is 0 Å². The summed E-state index contributed by atoms with van der Waals surface area (Å²) in [6.45, 7) is 0. The number of hydrogen-bond donors (Lipinski definition) is 1. The lowest BCUT2D eigenvalue weighted by atomic mass is 10.2. The van der Waals surface area contributed by atoms with E-state index in [2.05, 4.69) is 5.10 Å². The molecule has 20 heavy (non-hydrogen) atoms. The number of aromatic nitrogens is 2. The SMILES string of the molecule is COc1ccc([N+](=O)[O-])cc1-n1nc(N)c2c1CCC2. The second kappa shape index (κ2) is 4.52. The molecule has 0 fully saturated rings. The highest BCUT2D eigenvalue weighted by molar-refractivity contribution is 5.57. The van der Waals surface area contributed by atoms with Crippen LogP contribution in [-0.2, 0) is 12.8 Å². The molecule has 0 spiro atoms. The summed E-state index contributed by atoms with van der Waals surface area (Å²) in [5.41, 5.74) is 8.52. The summed E-state index contributed by atoms with van der Waals surface area (Å²) in [6.07, 6.45) is 2.79. The van der Waals surface area contributed by atoms with E-state index in [0.717, 1.165) is 30.5 Å². The standard InChI is InChI=1S/C13H14N4O3/c1-20-12-6-5-8(17(18)19)7-11(12)16-10-4-2-3-9(10)13(14)15-16/h5-7H,2-4H2,1H3,(H2,14,15). The van der Waals surface area contributed by atoms with E-state index in [1.165, 1.54) is 19.2 Å². The normalized spacial score (nSPS) is 13.2. The average Bonchev–Trinajstić information content (AvgIpc) is 3.02. The Hall–Kier alpha value is -2.57. The zero-order chi connectivity index (χ0) is 14.3. The maximum Gasteiger partial charge on any atom is 0.271 e. The van der Waals surface area contributed by atoms with Crippen LogP contribution in [0.1, 0.15) is 17.7 Å². The van der Waals surface area contributed by atoms with Gasteiger partial charge in [-0.3, -0.25) is 10.1 Å². The number of methoxy groups -OCH3 is 1. The molecule has 1 aromatic heterocycles. The van der Waals surface area contributed by atoms with Gasteiger partial charge in [-0.15, -0.1) is 0 Å². The molecule has 0 amide bonds. The van der Waals surface area contributed by atoms with Crippen LogP contribution in [0.5, 0.6) is 5.75 Å². The minimum absolute atomic E-state index is 0.00150. The van der Waals surface area contributed by atoms with E-state index < -0.39 is 4.92 Å². The minimum atomic E-state index is -0.435. The van der Waals surface area contributed by atoms with Gasteiger partial charge in [-0.25, -0.2) is 4.68 Å². The number of anilines is 1. The highest BCUT2D eigenvalue weighted by Crippen LogP contribution is 2.33. The van der Waals surface area contributed by atoms with Gasteiger partial charge in [0.1, 0.15) is 17.3 Å². The number of nitrogens with two attached hydrogens (primary N) is 1. The summed E-state index contributed by atoms with van der Waals surface area (Å²) in [5, 5.41) is 15.2. The largest absolute Gasteiger partial charge is 0.494 e. The third kappa shape index (κ3) is 1.78. The zero-order valence-electron chi connectivity index (χ0n) is 11.0. The van der Waals surface area contributed by atoms with E-state index in [-0.39, 0.29) is 5.69 Å². The van der Waals surface area contributed by atoms with Crippen molar-refractivity contribution in [3.8, 4) is 11.4 Å². The number of fused-ring (bicyclic) bond motifs is 1. The van der Waals surface area contributed by atoms with Crippen LogP contribution in [-0.4, -0.2) is 21.8 Å². The predicted molar refractivity (Wildman–Crippen MR) is 73.2 cm³/mol. The van der Waals surface area contributed by atoms with Crippen molar-refractivity contribution in [1.29, 1.82) is 0 Å². The van der Waals surface area contributed by atoms with Gasteiger partial charge >= 0.3 is 0 Å². The fourth-order valence-corrected chi connectivity index (χ4v) is 2.62. The number of benzene rings is 1. The van der Waals surface area contributed by atoms with Crippen molar-refractivity contribution in [3.05, 3.63) is 39.6 Å². The molecule has 1 aliphatic carbocycles. The van der Waals surface area contributed by atoms with Crippen molar-refractivity contribution >= 4 is 11.5 Å². The zero-order valence-corrected chi connectivity index (χ0v) is 11.0. The van der Waals surface area contributed by atoms with Gasteiger partial charge in [0, 0.05) is 23.4 Å². The van der Waals surface area contributed by atoms with Crippen LogP contribution in [0, 0.1) is 10.1 Å². The van der Waals surface area contributed by atoms with Gasteiger partial charge in [-0.1, -0.05) is 0 Å². The Morgan fingerprint density at radius 1 is 1.45 bits per heavy atom. The first-order chi connectivity index (χ1) is 9.61. The Labute approximate surface area is 115 Å². The lowest BCUT2D eigenvalue weighted by molar-refractivity contribution is -0.384. The highest BCUT2D eigenvalue weighted by Gasteiger charge is 2.24. The van der Waals surface area contributed by atoms with E-state index >= 15 is 0 Å². The second-order valence-electron chi connectivity index (χ2n) is 4.69. The quantitative estimate of drug-likeness (QED) is 0.680. The van der Waals surface area contributed by atoms with Crippen LogP contribution in [0.15, 0.2) is 18.2 Å². The maximum absolute atomic E-state index is 10.9. The summed E-state index contributed by atoms with van der Waals surface area (Å²) in [7, 11) is 1.53. The molecular formula is C13H14N4O3. The van der Waals surface area contributed by atoms with Gasteiger partial charge in [-0.2, -0.15) is 5.10 Å². The molecule has 0 aliphatic heterocycles. The van der Waals surface area contributed by atoms with Crippen LogP contribution in [0.3, 0.4) is 0 Å². The van der Waals surface area contributed by atoms with Crippen LogP contribution in [0.2, 0.25) is 0 Å². The Morgan fingerprint density at radius 3 is 2.95 bits per heavy atom. The lowest BCUT2D eigenvalue weighted by Gasteiger charge is -2.10. The topological polar surface area (TPSA) is 96.2 Å². The number of nitrogens with zero attached hydrogens (tertiary/aromatic N) is 3. The number of ether oxygens (including phenoxy) is 1. The van der Waals surface area contributed by atoms with Crippen molar-refractivity contribution in [1.82, 2.24) is 9.78 Å². The summed E-state index contributed by atoms with van der Waals surface area (Å²) in [6, 6.07) is 4.45. The van der Waals surface area contributed by atoms with E-state index in [1.54, 1.807) is 10.7 Å². The number of nitro groups is 1. The Bertz CT molecular complexity index is 693. The average molecular weight is 274 g/mol. The first-order valence-electron chi connectivity index (χ1n) is 6.31. The summed E-state index contributed by atoms with van der Waals surface area (Å²) < 4.78 is 6.95. The third-order valence-corrected chi connectivity index (χ3v) is 3.56. The van der Waals surface area contributed by atoms with Crippen molar-refractivity contribution in [2.45, 2.75) is 19.3 Å². The molecule has 1 aliphatic rings. The Kier molecular flexibility index (Phi) is 2.81. The van der Waals surface area contributed by atoms with Gasteiger partial charge in [0.2, 0.25) is 0 Å². The van der Waals surface area contributed by atoms with Gasteiger partial charge in [0.15, 0.2) is 0 Å². The lowest BCUT2D eigenvalue weighted by Crippen LogP contribution is -2.05. The Balaban J connectivity index is 2.20. The van der Waals surface area contributed by atoms with Crippen molar-refractivity contribution in [2.75, 3.05) is 12.8 Å². The number of nitro benzene ring substituents is 1. The molecule has 0 unspecified atom stereocenters. The van der Waals surface area contributed by atoms with Crippen LogP contribution in [0.25, 0.3) is 5.69 Å². The molecule has 0 atom stereocenters. The molecule has 2 aromatic rings. The smallest absolute Gasteiger partial charge is 0.271 e. The van der Waals surface area contributed by atoms with Crippen LogP contribution >= 0.6 is 0 Å². The Morgan fingerprint density at radius 2 is 2.25 bits per heavy atom. The number of hydrogen-bond acceptors (Lipinski definition) is 5. The van der Waals surface area contributed by atoms with Gasteiger partial charge in [0.25, 0.3) is 5.69 Å². The van der Waals surface area contributed by atoms with E-state index in [0.29, 0.717) is 17.3 Å². The minimum Gasteiger partial charge on any atom is -0.494 e. The number of nitrogen functional groups attached to an aromatic ring is 1. The predicted octanol–water partition coefficient (Wildman–Crippen LogP) is 1.86. The van der Waals surface area contributed by atoms with Crippen molar-refractivity contribution in [3.63, 3.8) is 0 Å². The highest BCUT2D eigenvalue weighted by atomic mass is 16.6. The molecule has 0 saturated heterocycles. The molecule has 1 aromatic carbocycles. The van der Waals surface area contributed by atoms with Crippen LogP contribution < -0.4 is 10.5 Å². The molecule has 0 radical (unpaired) electrons. The van der Waals surface area contributed by atoms with E-state index in [9.17, 15) is 10.1 Å². The molecule has 0 bridgehead atoms. The molecule has 7 nitrogen and oxygen atoms in total. The monoisotopic (exact) mass is 274 g/mol. The number of non-ortho nitro benzene ring substituents is 1. The molecule has 104 valence electrons. The fraction of sp³-hybridized carbons (Fsp3) is 0.308. The number of rotatable bonds is 3. The van der Waals surface area contributed by atoms with Crippen LogP contribution in [0.4, 0.5) is 11.5 Å². The molecule has 1 heterocycles. The fourth-order valence-electron chi connectivity index (χ4n) is 2.62. The maximum atomic E-state index is 10.9. The van der Waals surface area contributed by atoms with E-state index in [4.69, 9.17) is 10.5 Å². The third-order valence-electron chi connectivity index (χ3n) is 3.56.